The zero-order chi connectivity index (χ0) is 22.3. The van der Waals surface area contributed by atoms with Crippen molar-refractivity contribution in [1.29, 1.82) is 0 Å². The van der Waals surface area contributed by atoms with Gasteiger partial charge in [-0.2, -0.15) is 0 Å². The Morgan fingerprint density at radius 1 is 0.871 bits per heavy atom. The van der Waals surface area contributed by atoms with E-state index in [-0.39, 0.29) is 10.5 Å². The summed E-state index contributed by atoms with van der Waals surface area (Å²) in [5.41, 5.74) is 1.61. The minimum atomic E-state index is -3.98. The fraction of sp³-hybridized carbons (Fsp3) is 0.0909. The fourth-order valence-corrected chi connectivity index (χ4v) is 4.13. The molecule has 3 amide bonds. The van der Waals surface area contributed by atoms with Crippen molar-refractivity contribution in [2.45, 2.75) is 23.1 Å². The Balaban J connectivity index is 1.57. The SMILES string of the molecule is CCc1ccc(S(=O)(=O)NC(=O)c2ccc(NC(=O)NSc3ccccc3)cc2)cc1. The number of sulfonamides is 1. The van der Waals surface area contributed by atoms with Crippen molar-refractivity contribution in [1.82, 2.24) is 9.44 Å². The average Bonchev–Trinajstić information content (AvgIpc) is 2.78. The Morgan fingerprint density at radius 3 is 2.13 bits per heavy atom. The zero-order valence-electron chi connectivity index (χ0n) is 16.7. The summed E-state index contributed by atoms with van der Waals surface area (Å²) in [5.74, 6) is -0.754. The highest BCUT2D eigenvalue weighted by atomic mass is 32.2. The highest BCUT2D eigenvalue weighted by molar-refractivity contribution is 7.98. The number of urea groups is 1. The molecule has 0 atom stereocenters. The molecule has 0 aliphatic carbocycles. The number of hydrogen-bond acceptors (Lipinski definition) is 5. The lowest BCUT2D eigenvalue weighted by Crippen LogP contribution is -2.30. The van der Waals surface area contributed by atoms with E-state index in [0.29, 0.717) is 5.69 Å². The summed E-state index contributed by atoms with van der Waals surface area (Å²) in [7, 11) is -3.98. The molecule has 7 nitrogen and oxygen atoms in total. The average molecular weight is 456 g/mol. The maximum atomic E-state index is 12.4. The van der Waals surface area contributed by atoms with Crippen molar-refractivity contribution in [2.24, 2.45) is 0 Å². The lowest BCUT2D eigenvalue weighted by Gasteiger charge is -2.09. The Bertz CT molecular complexity index is 1150. The summed E-state index contributed by atoms with van der Waals surface area (Å²) in [6, 6.07) is 21.2. The lowest BCUT2D eigenvalue weighted by atomic mass is 10.2. The topological polar surface area (TPSA) is 104 Å². The van der Waals surface area contributed by atoms with E-state index in [1.54, 1.807) is 12.1 Å². The molecule has 0 fully saturated rings. The third-order valence-corrected chi connectivity index (χ3v) is 6.42. The van der Waals surface area contributed by atoms with Crippen LogP contribution in [0.3, 0.4) is 0 Å². The van der Waals surface area contributed by atoms with Gasteiger partial charge in [-0.1, -0.05) is 37.3 Å². The van der Waals surface area contributed by atoms with Crippen LogP contribution in [0.1, 0.15) is 22.8 Å². The molecule has 0 spiro atoms. The van der Waals surface area contributed by atoms with E-state index in [4.69, 9.17) is 0 Å². The molecule has 0 radical (unpaired) electrons. The van der Waals surface area contributed by atoms with Gasteiger partial charge in [0.1, 0.15) is 0 Å². The molecule has 0 aliphatic rings. The molecule has 3 aromatic carbocycles. The van der Waals surface area contributed by atoms with Crippen LogP contribution in [0.4, 0.5) is 10.5 Å². The summed E-state index contributed by atoms with van der Waals surface area (Å²) in [5, 5.41) is 2.64. The molecule has 160 valence electrons. The molecule has 0 bridgehead atoms. The van der Waals surface area contributed by atoms with E-state index in [1.165, 1.54) is 48.3 Å². The number of rotatable bonds is 7. The van der Waals surface area contributed by atoms with Gasteiger partial charge >= 0.3 is 6.03 Å². The highest BCUT2D eigenvalue weighted by Gasteiger charge is 2.18. The van der Waals surface area contributed by atoms with Crippen LogP contribution in [0.2, 0.25) is 0 Å². The Morgan fingerprint density at radius 2 is 1.52 bits per heavy atom. The van der Waals surface area contributed by atoms with Crippen molar-refractivity contribution < 1.29 is 18.0 Å². The molecule has 0 saturated carbocycles. The van der Waals surface area contributed by atoms with Crippen molar-refractivity contribution in [3.63, 3.8) is 0 Å². The summed E-state index contributed by atoms with van der Waals surface area (Å²) < 4.78 is 29.5. The predicted molar refractivity (Wildman–Crippen MR) is 121 cm³/mol. The number of anilines is 1. The van der Waals surface area contributed by atoms with Crippen LogP contribution in [0.15, 0.2) is 88.7 Å². The number of amides is 3. The molecule has 0 unspecified atom stereocenters. The smallest absolute Gasteiger partial charge is 0.307 e. The van der Waals surface area contributed by atoms with E-state index in [0.717, 1.165) is 16.9 Å². The Labute approximate surface area is 185 Å². The van der Waals surface area contributed by atoms with Gasteiger partial charge < -0.3 is 5.32 Å². The second kappa shape index (κ2) is 10.1. The quantitative estimate of drug-likeness (QED) is 0.463. The van der Waals surface area contributed by atoms with Gasteiger partial charge in [-0.05, 0) is 72.5 Å². The third-order valence-electron chi connectivity index (χ3n) is 4.28. The molecule has 0 heterocycles. The Hall–Kier alpha value is -3.30. The standard InChI is InChI=1S/C22H21N3O4S2/c1-2-16-8-14-20(15-9-16)31(28,29)25-21(26)17-10-12-18(13-11-17)23-22(27)24-30-19-6-4-3-5-7-19/h3-15H,2H2,1H3,(H,25,26)(H2,23,24,27). The van der Waals surface area contributed by atoms with Crippen LogP contribution in [0.25, 0.3) is 0 Å². The van der Waals surface area contributed by atoms with Crippen LogP contribution in [0.5, 0.6) is 0 Å². The Kier molecular flexibility index (Phi) is 7.32. The molecule has 0 aliphatic heterocycles. The molecule has 9 heteroatoms. The third kappa shape index (κ3) is 6.34. The van der Waals surface area contributed by atoms with Crippen molar-refractivity contribution in [3.05, 3.63) is 90.0 Å². The highest BCUT2D eigenvalue weighted by Crippen LogP contribution is 2.15. The molecule has 3 aromatic rings. The van der Waals surface area contributed by atoms with Crippen molar-refractivity contribution in [3.8, 4) is 0 Å². The van der Waals surface area contributed by atoms with Crippen LogP contribution >= 0.6 is 11.9 Å². The molecule has 0 saturated heterocycles. The molecule has 3 N–H and O–H groups in total. The molecule has 0 aromatic heterocycles. The van der Waals surface area contributed by atoms with E-state index < -0.39 is 22.0 Å². The molecular weight excluding hydrogens is 434 g/mol. The van der Waals surface area contributed by atoms with Crippen molar-refractivity contribution in [2.75, 3.05) is 5.32 Å². The summed E-state index contributed by atoms with van der Waals surface area (Å²) in [4.78, 5) is 25.3. The van der Waals surface area contributed by atoms with E-state index in [9.17, 15) is 18.0 Å². The van der Waals surface area contributed by atoms with Gasteiger partial charge in [0.05, 0.1) is 4.90 Å². The van der Waals surface area contributed by atoms with Gasteiger partial charge in [0.15, 0.2) is 0 Å². The van der Waals surface area contributed by atoms with Gasteiger partial charge in [-0.25, -0.2) is 17.9 Å². The number of aryl methyl sites for hydroxylation is 1. The van der Waals surface area contributed by atoms with Crippen LogP contribution in [-0.4, -0.2) is 20.4 Å². The largest absolute Gasteiger partial charge is 0.329 e. The normalized spacial score (nSPS) is 10.9. The molecule has 31 heavy (non-hydrogen) atoms. The zero-order valence-corrected chi connectivity index (χ0v) is 18.3. The van der Waals surface area contributed by atoms with Gasteiger partial charge in [-0.3, -0.25) is 9.52 Å². The van der Waals surface area contributed by atoms with Gasteiger partial charge in [-0.15, -0.1) is 0 Å². The second-order valence-electron chi connectivity index (χ2n) is 6.48. The number of hydrogen-bond donors (Lipinski definition) is 3. The van der Waals surface area contributed by atoms with E-state index in [2.05, 4.69) is 14.8 Å². The van der Waals surface area contributed by atoms with Gasteiger partial charge in [0.2, 0.25) is 0 Å². The first kappa shape index (κ1) is 22.4. The number of benzene rings is 3. The number of carbonyl (C=O) groups excluding carboxylic acids is 2. The first-order valence-electron chi connectivity index (χ1n) is 9.42. The van der Waals surface area contributed by atoms with Crippen LogP contribution in [0, 0.1) is 0 Å². The maximum Gasteiger partial charge on any atom is 0.329 e. The van der Waals surface area contributed by atoms with Crippen molar-refractivity contribution >= 4 is 39.6 Å². The predicted octanol–water partition coefficient (Wildman–Crippen LogP) is 4.20. The maximum absolute atomic E-state index is 12.4. The van der Waals surface area contributed by atoms with Gasteiger partial charge in [0, 0.05) is 16.1 Å². The van der Waals surface area contributed by atoms with Gasteiger partial charge in [0.25, 0.3) is 15.9 Å². The minimum Gasteiger partial charge on any atom is -0.307 e. The lowest BCUT2D eigenvalue weighted by molar-refractivity contribution is 0.0981. The molecular formula is C22H21N3O4S2. The number of carbonyl (C=O) groups is 2. The minimum absolute atomic E-state index is 0.0175. The monoisotopic (exact) mass is 455 g/mol. The van der Waals surface area contributed by atoms with E-state index >= 15 is 0 Å². The molecule has 3 rings (SSSR count). The van der Waals surface area contributed by atoms with E-state index in [1.807, 2.05) is 37.3 Å². The number of nitrogens with one attached hydrogen (secondary N) is 3. The summed E-state index contributed by atoms with van der Waals surface area (Å²) in [6.45, 7) is 1.97. The fourth-order valence-electron chi connectivity index (χ4n) is 2.60. The summed E-state index contributed by atoms with van der Waals surface area (Å²) >= 11 is 1.17. The second-order valence-corrected chi connectivity index (χ2v) is 9.04. The van der Waals surface area contributed by atoms with Crippen LogP contribution in [-0.2, 0) is 16.4 Å². The first-order chi connectivity index (χ1) is 14.9. The van der Waals surface area contributed by atoms with Crippen LogP contribution < -0.4 is 14.8 Å². The first-order valence-corrected chi connectivity index (χ1v) is 11.7. The summed E-state index contributed by atoms with van der Waals surface area (Å²) in [6.07, 6.45) is 0.788.